The first-order chi connectivity index (χ1) is 14.3. The van der Waals surface area contributed by atoms with E-state index in [1.807, 2.05) is 23.9 Å². The maximum atomic E-state index is 5.35. The van der Waals surface area contributed by atoms with Gasteiger partial charge in [-0.2, -0.15) is 0 Å². The summed E-state index contributed by atoms with van der Waals surface area (Å²) in [7, 11) is 2.14. The van der Waals surface area contributed by atoms with Gasteiger partial charge in [0.2, 0.25) is 0 Å². The van der Waals surface area contributed by atoms with E-state index in [1.165, 1.54) is 32.4 Å². The van der Waals surface area contributed by atoms with E-state index in [0.717, 1.165) is 61.5 Å². The molecule has 2 aromatic heterocycles. The van der Waals surface area contributed by atoms with Crippen LogP contribution in [0.4, 0.5) is 0 Å². The topological polar surface area (TPSA) is 50.3 Å². The molecule has 2 fully saturated rings. The van der Waals surface area contributed by atoms with Gasteiger partial charge in [-0.3, -0.25) is 4.90 Å². The fourth-order valence-electron chi connectivity index (χ4n) is 4.33. The van der Waals surface area contributed by atoms with Crippen LogP contribution in [-0.2, 0) is 7.05 Å². The average Bonchev–Trinajstić information content (AvgIpc) is 3.40. The van der Waals surface area contributed by atoms with Crippen LogP contribution in [-0.4, -0.2) is 69.6 Å². The fraction of sp³-hybridized carbons (Fsp3) is 0.636. The normalized spacial score (nSPS) is 20.0. The molecule has 0 bridgehead atoms. The maximum absolute atomic E-state index is 5.35. The molecule has 0 spiro atoms. The van der Waals surface area contributed by atoms with E-state index in [1.54, 1.807) is 6.26 Å². The summed E-state index contributed by atoms with van der Waals surface area (Å²) in [5.74, 6) is 3.71. The van der Waals surface area contributed by atoms with Gasteiger partial charge in [-0.25, -0.2) is 0 Å². The highest BCUT2D eigenvalue weighted by Crippen LogP contribution is 2.28. The van der Waals surface area contributed by atoms with Gasteiger partial charge in [0.05, 0.1) is 6.26 Å². The van der Waals surface area contributed by atoms with Gasteiger partial charge in [0, 0.05) is 31.8 Å². The van der Waals surface area contributed by atoms with Gasteiger partial charge in [0.1, 0.15) is 11.6 Å². The zero-order valence-electron chi connectivity index (χ0n) is 17.5. The van der Waals surface area contributed by atoms with E-state index >= 15 is 0 Å². The van der Waals surface area contributed by atoms with E-state index < -0.39 is 0 Å². The Hall–Kier alpha value is -1.57. The summed E-state index contributed by atoms with van der Waals surface area (Å²) in [6.45, 7) is 6.88. The van der Waals surface area contributed by atoms with Crippen molar-refractivity contribution in [2.45, 2.75) is 43.2 Å². The summed E-state index contributed by atoms with van der Waals surface area (Å²) in [6, 6.07) is 3.91. The third-order valence-electron chi connectivity index (χ3n) is 6.10. The van der Waals surface area contributed by atoms with Crippen LogP contribution >= 0.6 is 11.8 Å². The van der Waals surface area contributed by atoms with Gasteiger partial charge in [0.25, 0.3) is 0 Å². The van der Waals surface area contributed by atoms with Gasteiger partial charge >= 0.3 is 0 Å². The average molecular weight is 416 g/mol. The van der Waals surface area contributed by atoms with E-state index in [9.17, 15) is 0 Å². The molecule has 2 aliphatic heterocycles. The van der Waals surface area contributed by atoms with Gasteiger partial charge in [0.15, 0.2) is 5.16 Å². The van der Waals surface area contributed by atoms with Crippen molar-refractivity contribution in [1.82, 2.24) is 24.6 Å². The van der Waals surface area contributed by atoms with Crippen LogP contribution in [0.25, 0.3) is 6.08 Å². The van der Waals surface area contributed by atoms with Crippen molar-refractivity contribution >= 4 is 17.8 Å². The summed E-state index contributed by atoms with van der Waals surface area (Å²) in [4.78, 5) is 5.09. The van der Waals surface area contributed by atoms with Crippen LogP contribution in [0, 0.1) is 0 Å². The molecule has 0 N–H and O–H groups in total. The Morgan fingerprint density at radius 3 is 2.69 bits per heavy atom. The van der Waals surface area contributed by atoms with Crippen LogP contribution in [0.1, 0.15) is 49.6 Å². The molecule has 4 rings (SSSR count). The molecule has 0 radical (unpaired) electrons. The molecule has 0 saturated carbocycles. The van der Waals surface area contributed by atoms with Crippen molar-refractivity contribution in [2.75, 3.05) is 45.0 Å². The lowest BCUT2D eigenvalue weighted by Crippen LogP contribution is -2.33. The number of hydrogen-bond donors (Lipinski definition) is 0. The second-order valence-electron chi connectivity index (χ2n) is 8.14. The minimum atomic E-state index is 0.522. The number of likely N-dealkylation sites (tertiary alicyclic amines) is 2. The predicted octanol–water partition coefficient (Wildman–Crippen LogP) is 3.88. The second kappa shape index (κ2) is 10.5. The Morgan fingerprint density at radius 1 is 1.10 bits per heavy atom. The lowest BCUT2D eigenvalue weighted by atomic mass is 9.96. The van der Waals surface area contributed by atoms with Crippen LogP contribution in [0.15, 0.2) is 34.0 Å². The van der Waals surface area contributed by atoms with Crippen LogP contribution < -0.4 is 0 Å². The van der Waals surface area contributed by atoms with Crippen molar-refractivity contribution in [3.05, 3.63) is 36.1 Å². The molecule has 2 aromatic rings. The molecule has 0 amide bonds. The maximum Gasteiger partial charge on any atom is 0.191 e. The summed E-state index contributed by atoms with van der Waals surface area (Å²) < 4.78 is 7.58. The lowest BCUT2D eigenvalue weighted by Gasteiger charge is -2.30. The third-order valence-corrected chi connectivity index (χ3v) is 7.10. The monoisotopic (exact) mass is 415 g/mol. The Bertz CT molecular complexity index is 758. The molecule has 0 aromatic carbocycles. The van der Waals surface area contributed by atoms with Crippen molar-refractivity contribution in [3.63, 3.8) is 0 Å². The van der Waals surface area contributed by atoms with Gasteiger partial charge in [-0.05, 0) is 70.1 Å². The summed E-state index contributed by atoms with van der Waals surface area (Å²) in [6.07, 6.45) is 12.4. The smallest absolute Gasteiger partial charge is 0.191 e. The molecular formula is C22H33N5OS. The molecule has 29 heavy (non-hydrogen) atoms. The summed E-state index contributed by atoms with van der Waals surface area (Å²) >= 11 is 1.86. The first-order valence-electron chi connectivity index (χ1n) is 11.0. The van der Waals surface area contributed by atoms with Crippen molar-refractivity contribution < 1.29 is 4.42 Å². The zero-order valence-corrected chi connectivity index (χ0v) is 18.3. The largest absolute Gasteiger partial charge is 0.465 e. The van der Waals surface area contributed by atoms with E-state index in [4.69, 9.17) is 4.42 Å². The second-order valence-corrected chi connectivity index (χ2v) is 9.21. The highest BCUT2D eigenvalue weighted by Gasteiger charge is 2.25. The quantitative estimate of drug-likeness (QED) is 0.610. The number of rotatable bonds is 8. The zero-order chi connectivity index (χ0) is 19.9. The van der Waals surface area contributed by atoms with Crippen molar-refractivity contribution in [3.8, 4) is 0 Å². The first-order valence-corrected chi connectivity index (χ1v) is 11.9. The highest BCUT2D eigenvalue weighted by molar-refractivity contribution is 7.99. The van der Waals surface area contributed by atoms with Crippen molar-refractivity contribution in [1.29, 1.82) is 0 Å². The predicted molar refractivity (Wildman–Crippen MR) is 118 cm³/mol. The Kier molecular flexibility index (Phi) is 7.46. The molecular weight excluding hydrogens is 382 g/mol. The molecule has 2 aliphatic rings. The van der Waals surface area contributed by atoms with Gasteiger partial charge < -0.3 is 13.9 Å². The Morgan fingerprint density at radius 2 is 1.93 bits per heavy atom. The standard InChI is InChI=1S/C22H33N5OS/c1-25-21(23-24-22(25)29-18-16-26-11-3-2-4-12-26)19-9-14-27(15-10-19)13-5-7-20-8-6-17-28-20/h5-8,17,19H,2-4,9-16,18H2,1H3. The molecule has 4 heterocycles. The number of nitrogens with zero attached hydrogens (tertiary/aromatic N) is 5. The number of thioether (sulfide) groups is 1. The third kappa shape index (κ3) is 5.74. The SMILES string of the molecule is Cn1c(SCCN2CCCCC2)nnc1C1CCN(CC=Cc2ccco2)CC1. The van der Waals surface area contributed by atoms with E-state index in [0.29, 0.717) is 5.92 Å². The lowest BCUT2D eigenvalue weighted by molar-refractivity contribution is 0.227. The van der Waals surface area contributed by atoms with Crippen LogP contribution in [0.3, 0.4) is 0 Å². The minimum absolute atomic E-state index is 0.522. The molecule has 6 nitrogen and oxygen atoms in total. The first kappa shape index (κ1) is 20.7. The fourth-order valence-corrected chi connectivity index (χ4v) is 5.25. The molecule has 7 heteroatoms. The van der Waals surface area contributed by atoms with Crippen LogP contribution in [0.5, 0.6) is 0 Å². The van der Waals surface area contributed by atoms with Crippen molar-refractivity contribution in [2.24, 2.45) is 7.05 Å². The molecule has 0 unspecified atom stereocenters. The Labute approximate surface area is 178 Å². The Balaban J connectivity index is 1.21. The number of hydrogen-bond acceptors (Lipinski definition) is 6. The number of furan rings is 1. The molecule has 0 atom stereocenters. The number of piperidine rings is 2. The molecule has 2 saturated heterocycles. The molecule has 158 valence electrons. The van der Waals surface area contributed by atoms with Gasteiger partial charge in [-0.15, -0.1) is 10.2 Å². The summed E-state index contributed by atoms with van der Waals surface area (Å²) in [5, 5.41) is 10.1. The van der Waals surface area contributed by atoms with Gasteiger partial charge in [-0.1, -0.05) is 24.3 Å². The van der Waals surface area contributed by atoms with E-state index in [-0.39, 0.29) is 0 Å². The van der Waals surface area contributed by atoms with Crippen LogP contribution in [0.2, 0.25) is 0 Å². The van der Waals surface area contributed by atoms with E-state index in [2.05, 4.69) is 43.8 Å². The minimum Gasteiger partial charge on any atom is -0.465 e. The number of aromatic nitrogens is 3. The molecule has 0 aliphatic carbocycles. The summed E-state index contributed by atoms with van der Waals surface area (Å²) in [5.41, 5.74) is 0. The highest BCUT2D eigenvalue weighted by atomic mass is 32.2.